The highest BCUT2D eigenvalue weighted by molar-refractivity contribution is 5.75. The molecule has 1 fully saturated rings. The van der Waals surface area contributed by atoms with Crippen molar-refractivity contribution in [3.63, 3.8) is 0 Å². The van der Waals surface area contributed by atoms with Crippen molar-refractivity contribution in [3.05, 3.63) is 35.9 Å². The van der Waals surface area contributed by atoms with Crippen molar-refractivity contribution >= 4 is 12.0 Å². The third kappa shape index (κ3) is 3.76. The van der Waals surface area contributed by atoms with Gasteiger partial charge in [-0.25, -0.2) is 4.79 Å². The van der Waals surface area contributed by atoms with E-state index in [-0.39, 0.29) is 31.0 Å². The Labute approximate surface area is 129 Å². The number of nitrogens with one attached hydrogen (secondary N) is 1. The Morgan fingerprint density at radius 3 is 2.36 bits per heavy atom. The van der Waals surface area contributed by atoms with Gasteiger partial charge in [-0.2, -0.15) is 0 Å². The Bertz CT molecular complexity index is 510. The van der Waals surface area contributed by atoms with Crippen LogP contribution in [0.1, 0.15) is 24.8 Å². The van der Waals surface area contributed by atoms with Crippen LogP contribution in [0.15, 0.2) is 30.3 Å². The summed E-state index contributed by atoms with van der Waals surface area (Å²) in [6.45, 7) is 1.29. The number of piperidine rings is 1. The highest BCUT2D eigenvalue weighted by Gasteiger charge is 2.36. The van der Waals surface area contributed by atoms with Crippen molar-refractivity contribution in [1.29, 1.82) is 0 Å². The highest BCUT2D eigenvalue weighted by atomic mass is 16.4. The number of aliphatic carboxylic acids is 1. The van der Waals surface area contributed by atoms with Gasteiger partial charge in [-0.15, -0.1) is 0 Å². The Hall–Kier alpha value is -2.08. The van der Waals surface area contributed by atoms with Crippen LogP contribution in [-0.2, 0) is 10.2 Å². The van der Waals surface area contributed by atoms with Crippen LogP contribution in [-0.4, -0.2) is 53.4 Å². The van der Waals surface area contributed by atoms with Crippen molar-refractivity contribution < 1.29 is 19.8 Å². The second kappa shape index (κ2) is 7.26. The maximum absolute atomic E-state index is 12.0. The van der Waals surface area contributed by atoms with E-state index in [9.17, 15) is 14.7 Å². The van der Waals surface area contributed by atoms with Gasteiger partial charge in [0.25, 0.3) is 0 Å². The molecule has 0 aliphatic carbocycles. The summed E-state index contributed by atoms with van der Waals surface area (Å²) in [5.74, 6) is -0.928. The van der Waals surface area contributed by atoms with Gasteiger partial charge in [0.1, 0.15) is 0 Å². The lowest BCUT2D eigenvalue weighted by molar-refractivity contribution is -0.136. The van der Waals surface area contributed by atoms with Gasteiger partial charge in [0.15, 0.2) is 0 Å². The van der Waals surface area contributed by atoms with E-state index in [1.54, 1.807) is 4.90 Å². The predicted molar refractivity (Wildman–Crippen MR) is 81.7 cm³/mol. The summed E-state index contributed by atoms with van der Waals surface area (Å²) in [5.41, 5.74) is 0.808. The minimum atomic E-state index is -0.928. The van der Waals surface area contributed by atoms with E-state index in [2.05, 4.69) is 5.32 Å². The first-order valence-electron chi connectivity index (χ1n) is 7.48. The standard InChI is InChI=1S/C16H22N2O4/c19-12-16(13-4-2-1-3-5-13)7-10-18(11-8-16)15(22)17-9-6-14(20)21/h1-5,19H,6-12H2,(H,17,22)(H,20,21). The van der Waals surface area contributed by atoms with Gasteiger partial charge in [-0.3, -0.25) is 4.79 Å². The van der Waals surface area contributed by atoms with Crippen molar-refractivity contribution in [2.75, 3.05) is 26.2 Å². The van der Waals surface area contributed by atoms with Crippen LogP contribution < -0.4 is 5.32 Å². The smallest absolute Gasteiger partial charge is 0.317 e. The molecule has 1 aliphatic rings. The number of aliphatic hydroxyl groups is 1. The minimum absolute atomic E-state index is 0.0610. The van der Waals surface area contributed by atoms with Crippen LogP contribution >= 0.6 is 0 Å². The van der Waals surface area contributed by atoms with E-state index in [0.29, 0.717) is 25.9 Å². The Morgan fingerprint density at radius 1 is 1.18 bits per heavy atom. The number of urea groups is 1. The van der Waals surface area contributed by atoms with Crippen LogP contribution in [0, 0.1) is 0 Å². The average molecular weight is 306 g/mol. The molecule has 0 radical (unpaired) electrons. The molecule has 1 heterocycles. The topological polar surface area (TPSA) is 89.9 Å². The van der Waals surface area contributed by atoms with Gasteiger partial charge < -0.3 is 20.4 Å². The van der Waals surface area contributed by atoms with Crippen LogP contribution in [0.4, 0.5) is 4.79 Å². The molecule has 22 heavy (non-hydrogen) atoms. The zero-order valence-corrected chi connectivity index (χ0v) is 12.5. The lowest BCUT2D eigenvalue weighted by atomic mass is 9.73. The minimum Gasteiger partial charge on any atom is -0.481 e. The number of hydrogen-bond acceptors (Lipinski definition) is 3. The molecule has 0 atom stereocenters. The average Bonchev–Trinajstić information content (AvgIpc) is 2.55. The molecular weight excluding hydrogens is 284 g/mol. The number of carboxylic acid groups (broad SMARTS) is 1. The zero-order chi connectivity index (χ0) is 16.0. The highest BCUT2D eigenvalue weighted by Crippen LogP contribution is 2.34. The summed E-state index contributed by atoms with van der Waals surface area (Å²) in [4.78, 5) is 24.1. The fraction of sp³-hybridized carbons (Fsp3) is 0.500. The normalized spacial score (nSPS) is 17.0. The molecular formula is C16H22N2O4. The van der Waals surface area contributed by atoms with E-state index in [1.165, 1.54) is 0 Å². The third-order valence-corrected chi connectivity index (χ3v) is 4.31. The zero-order valence-electron chi connectivity index (χ0n) is 12.5. The lowest BCUT2D eigenvalue weighted by Crippen LogP contribution is -2.50. The largest absolute Gasteiger partial charge is 0.481 e. The number of carbonyl (C=O) groups is 2. The van der Waals surface area contributed by atoms with Gasteiger partial charge in [0.05, 0.1) is 13.0 Å². The number of nitrogens with zero attached hydrogens (tertiary/aromatic N) is 1. The number of hydrogen-bond donors (Lipinski definition) is 3. The third-order valence-electron chi connectivity index (χ3n) is 4.31. The first kappa shape index (κ1) is 16.3. The van der Waals surface area contributed by atoms with Crippen LogP contribution in [0.5, 0.6) is 0 Å². The number of likely N-dealkylation sites (tertiary alicyclic amines) is 1. The van der Waals surface area contributed by atoms with Gasteiger partial charge in [-0.05, 0) is 18.4 Å². The van der Waals surface area contributed by atoms with E-state index in [1.807, 2.05) is 30.3 Å². The van der Waals surface area contributed by atoms with Gasteiger partial charge in [0.2, 0.25) is 0 Å². The van der Waals surface area contributed by atoms with Crippen molar-refractivity contribution in [3.8, 4) is 0 Å². The van der Waals surface area contributed by atoms with E-state index >= 15 is 0 Å². The summed E-state index contributed by atoms with van der Waals surface area (Å²) >= 11 is 0. The molecule has 3 N–H and O–H groups in total. The molecule has 0 aromatic heterocycles. The number of rotatable bonds is 5. The number of carbonyl (C=O) groups excluding carboxylic acids is 1. The molecule has 0 spiro atoms. The van der Waals surface area contributed by atoms with Crippen molar-refractivity contribution in [2.24, 2.45) is 0 Å². The van der Waals surface area contributed by atoms with Crippen molar-refractivity contribution in [2.45, 2.75) is 24.7 Å². The number of benzene rings is 1. The summed E-state index contributed by atoms with van der Waals surface area (Å²) in [6, 6.07) is 9.65. The monoisotopic (exact) mass is 306 g/mol. The van der Waals surface area contributed by atoms with Crippen LogP contribution in [0.2, 0.25) is 0 Å². The summed E-state index contributed by atoms with van der Waals surface area (Å²) < 4.78 is 0. The van der Waals surface area contributed by atoms with Crippen LogP contribution in [0.25, 0.3) is 0 Å². The number of amides is 2. The van der Waals surface area contributed by atoms with Crippen molar-refractivity contribution in [1.82, 2.24) is 10.2 Å². The molecule has 1 aliphatic heterocycles. The SMILES string of the molecule is O=C(O)CCNC(=O)N1CCC(CO)(c2ccccc2)CC1. The maximum Gasteiger partial charge on any atom is 0.317 e. The second-order valence-corrected chi connectivity index (χ2v) is 5.67. The summed E-state index contributed by atoms with van der Waals surface area (Å²) in [7, 11) is 0. The first-order chi connectivity index (χ1) is 10.6. The number of aliphatic hydroxyl groups excluding tert-OH is 1. The molecule has 2 amide bonds. The Balaban J connectivity index is 1.91. The van der Waals surface area contributed by atoms with Gasteiger partial charge in [0, 0.05) is 25.0 Å². The van der Waals surface area contributed by atoms with Gasteiger partial charge in [-0.1, -0.05) is 30.3 Å². The maximum atomic E-state index is 12.0. The molecule has 0 unspecified atom stereocenters. The fourth-order valence-electron chi connectivity index (χ4n) is 2.86. The van der Waals surface area contributed by atoms with Gasteiger partial charge >= 0.3 is 12.0 Å². The molecule has 0 bridgehead atoms. The fourth-order valence-corrected chi connectivity index (χ4v) is 2.86. The van der Waals surface area contributed by atoms with Crippen LogP contribution in [0.3, 0.4) is 0 Å². The van der Waals surface area contributed by atoms with E-state index in [0.717, 1.165) is 5.56 Å². The quantitative estimate of drug-likeness (QED) is 0.762. The van der Waals surface area contributed by atoms with E-state index < -0.39 is 5.97 Å². The Morgan fingerprint density at radius 2 is 1.82 bits per heavy atom. The molecule has 1 aromatic rings. The molecule has 6 heteroatoms. The predicted octanol–water partition coefficient (Wildman–Crippen LogP) is 1.20. The molecule has 0 saturated carbocycles. The molecule has 1 saturated heterocycles. The number of carboxylic acids is 1. The Kier molecular flexibility index (Phi) is 5.38. The first-order valence-corrected chi connectivity index (χ1v) is 7.48. The lowest BCUT2D eigenvalue weighted by Gasteiger charge is -2.41. The molecule has 1 aromatic carbocycles. The summed E-state index contributed by atoms with van der Waals surface area (Å²) in [6.07, 6.45) is 1.31. The molecule has 120 valence electrons. The van der Waals surface area contributed by atoms with E-state index in [4.69, 9.17) is 5.11 Å². The second-order valence-electron chi connectivity index (χ2n) is 5.67. The molecule has 2 rings (SSSR count). The molecule has 6 nitrogen and oxygen atoms in total. The summed E-state index contributed by atoms with van der Waals surface area (Å²) in [5, 5.41) is 21.0.